The van der Waals surface area contributed by atoms with E-state index in [1.54, 1.807) is 17.9 Å². The molecule has 2 heterocycles. The van der Waals surface area contributed by atoms with E-state index in [2.05, 4.69) is 12.1 Å². The van der Waals surface area contributed by atoms with Crippen LogP contribution in [0.5, 0.6) is 0 Å². The molecule has 1 aromatic heterocycles. The summed E-state index contributed by atoms with van der Waals surface area (Å²) in [6, 6.07) is 1.86. The third-order valence-corrected chi connectivity index (χ3v) is 3.10. The summed E-state index contributed by atoms with van der Waals surface area (Å²) >= 11 is 0. The Labute approximate surface area is 107 Å². The van der Waals surface area contributed by atoms with Crippen molar-refractivity contribution in [2.45, 2.75) is 26.3 Å². The average Bonchev–Trinajstić information content (AvgIpc) is 2.68. The second-order valence-electron chi connectivity index (χ2n) is 4.51. The number of hydrogen-bond donors (Lipinski definition) is 1. The minimum Gasteiger partial charge on any atom is -0.351 e. The van der Waals surface area contributed by atoms with Crippen LogP contribution in [0.25, 0.3) is 0 Å². The normalized spacial score (nSPS) is 24.3. The van der Waals surface area contributed by atoms with Crippen molar-refractivity contribution in [1.82, 2.24) is 10.1 Å². The maximum absolute atomic E-state index is 12.0. The number of aromatic nitrogens is 1. The van der Waals surface area contributed by atoms with Crippen LogP contribution in [-0.4, -0.2) is 35.1 Å². The third-order valence-electron chi connectivity index (χ3n) is 3.10. The van der Waals surface area contributed by atoms with Crippen molar-refractivity contribution in [3.63, 3.8) is 0 Å². The molecule has 96 valence electrons. The summed E-state index contributed by atoms with van der Waals surface area (Å²) in [5.41, 5.74) is 6.64. The topological polar surface area (TPSA) is 72.4 Å². The maximum Gasteiger partial charge on any atom is 0.292 e. The summed E-state index contributed by atoms with van der Waals surface area (Å²) in [6.07, 6.45) is 0.847. The molecule has 1 saturated heterocycles. The van der Waals surface area contributed by atoms with Crippen molar-refractivity contribution in [2.24, 2.45) is 11.7 Å². The number of nitrogens with two attached hydrogens (primary N) is 1. The van der Waals surface area contributed by atoms with Crippen molar-refractivity contribution in [2.75, 3.05) is 13.1 Å². The standard InChI is InChI=1S/C11H17N3O2.ClH/c1-7-6-14(4-3-9(7)12)11(15)10-5-8(2)13-16-10;/h5,7,9H,3-4,6,12H2,1-2H3;1H. The minimum atomic E-state index is -0.0839. The number of halogens is 1. The van der Waals surface area contributed by atoms with Gasteiger partial charge in [-0.15, -0.1) is 12.4 Å². The Kier molecular flexibility index (Phi) is 4.54. The number of rotatable bonds is 1. The van der Waals surface area contributed by atoms with Crippen LogP contribution in [0.4, 0.5) is 0 Å². The maximum atomic E-state index is 12.0. The molecule has 0 aliphatic carbocycles. The Morgan fingerprint density at radius 3 is 2.88 bits per heavy atom. The van der Waals surface area contributed by atoms with E-state index >= 15 is 0 Å². The molecule has 0 saturated carbocycles. The Morgan fingerprint density at radius 2 is 2.35 bits per heavy atom. The van der Waals surface area contributed by atoms with Crippen molar-refractivity contribution in [3.05, 3.63) is 17.5 Å². The molecule has 0 aromatic carbocycles. The number of aryl methyl sites for hydroxylation is 1. The zero-order valence-corrected chi connectivity index (χ0v) is 10.9. The van der Waals surface area contributed by atoms with E-state index in [0.29, 0.717) is 24.8 Å². The van der Waals surface area contributed by atoms with Crippen LogP contribution in [-0.2, 0) is 0 Å². The Morgan fingerprint density at radius 1 is 1.65 bits per heavy atom. The largest absolute Gasteiger partial charge is 0.351 e. The lowest BCUT2D eigenvalue weighted by Crippen LogP contribution is -2.48. The van der Waals surface area contributed by atoms with Crippen molar-refractivity contribution in [3.8, 4) is 0 Å². The molecule has 0 bridgehead atoms. The number of amides is 1. The van der Waals surface area contributed by atoms with Gasteiger partial charge in [0.15, 0.2) is 0 Å². The van der Waals surface area contributed by atoms with Gasteiger partial charge in [0.25, 0.3) is 5.91 Å². The summed E-state index contributed by atoms with van der Waals surface area (Å²) in [5.74, 6) is 0.571. The minimum absolute atomic E-state index is 0. The monoisotopic (exact) mass is 259 g/mol. The van der Waals surface area contributed by atoms with Crippen LogP contribution < -0.4 is 5.73 Å². The van der Waals surface area contributed by atoms with Gasteiger partial charge in [0.2, 0.25) is 5.76 Å². The molecule has 1 aromatic rings. The number of carbonyl (C=O) groups is 1. The molecule has 1 aliphatic heterocycles. The van der Waals surface area contributed by atoms with Gasteiger partial charge in [-0.05, 0) is 19.3 Å². The molecule has 2 unspecified atom stereocenters. The zero-order chi connectivity index (χ0) is 11.7. The Hall–Kier alpha value is -1.07. The quantitative estimate of drug-likeness (QED) is 0.823. The lowest BCUT2D eigenvalue weighted by atomic mass is 9.95. The highest BCUT2D eigenvalue weighted by atomic mass is 35.5. The molecule has 0 radical (unpaired) electrons. The first-order chi connectivity index (χ1) is 7.58. The van der Waals surface area contributed by atoms with E-state index in [-0.39, 0.29) is 24.4 Å². The fourth-order valence-electron chi connectivity index (χ4n) is 1.97. The first-order valence-corrected chi connectivity index (χ1v) is 5.56. The number of piperidine rings is 1. The smallest absolute Gasteiger partial charge is 0.292 e. The zero-order valence-electron chi connectivity index (χ0n) is 10.0. The van der Waals surface area contributed by atoms with Crippen LogP contribution in [0, 0.1) is 12.8 Å². The molecular weight excluding hydrogens is 242 g/mol. The molecular formula is C11H18ClN3O2. The molecule has 1 fully saturated rings. The van der Waals surface area contributed by atoms with Crippen molar-refractivity contribution in [1.29, 1.82) is 0 Å². The molecule has 1 amide bonds. The lowest BCUT2D eigenvalue weighted by molar-refractivity contribution is 0.0622. The van der Waals surface area contributed by atoms with Gasteiger partial charge in [0, 0.05) is 25.2 Å². The third kappa shape index (κ3) is 2.98. The van der Waals surface area contributed by atoms with Crippen LogP contribution >= 0.6 is 12.4 Å². The first-order valence-electron chi connectivity index (χ1n) is 5.56. The number of carbonyl (C=O) groups excluding carboxylic acids is 1. The molecule has 2 atom stereocenters. The van der Waals surface area contributed by atoms with Crippen LogP contribution in [0.1, 0.15) is 29.6 Å². The highest BCUT2D eigenvalue weighted by Crippen LogP contribution is 2.17. The summed E-state index contributed by atoms with van der Waals surface area (Å²) in [6.45, 7) is 5.26. The van der Waals surface area contributed by atoms with Crippen LogP contribution in [0.15, 0.2) is 10.6 Å². The highest BCUT2D eigenvalue weighted by molar-refractivity contribution is 5.91. The highest BCUT2D eigenvalue weighted by Gasteiger charge is 2.28. The van der Waals surface area contributed by atoms with Gasteiger partial charge in [0.1, 0.15) is 0 Å². The lowest BCUT2D eigenvalue weighted by Gasteiger charge is -2.34. The van der Waals surface area contributed by atoms with Crippen molar-refractivity contribution >= 4 is 18.3 Å². The molecule has 2 N–H and O–H groups in total. The Balaban J connectivity index is 0.00000144. The molecule has 6 heteroatoms. The molecule has 1 aliphatic rings. The average molecular weight is 260 g/mol. The van der Waals surface area contributed by atoms with E-state index in [0.717, 1.165) is 12.1 Å². The molecule has 17 heavy (non-hydrogen) atoms. The summed E-state index contributed by atoms with van der Waals surface area (Å²) in [5, 5.41) is 3.72. The summed E-state index contributed by atoms with van der Waals surface area (Å²) < 4.78 is 4.97. The number of likely N-dealkylation sites (tertiary alicyclic amines) is 1. The summed E-state index contributed by atoms with van der Waals surface area (Å²) in [7, 11) is 0. The summed E-state index contributed by atoms with van der Waals surface area (Å²) in [4.78, 5) is 13.8. The van der Waals surface area contributed by atoms with Gasteiger partial charge in [-0.3, -0.25) is 4.79 Å². The van der Waals surface area contributed by atoms with Crippen LogP contribution in [0.2, 0.25) is 0 Å². The van der Waals surface area contributed by atoms with E-state index in [1.807, 2.05) is 0 Å². The molecule has 0 spiro atoms. The second-order valence-corrected chi connectivity index (χ2v) is 4.51. The Bertz CT molecular complexity index is 394. The van der Waals surface area contributed by atoms with E-state index in [9.17, 15) is 4.79 Å². The van der Waals surface area contributed by atoms with Gasteiger partial charge >= 0.3 is 0 Å². The number of nitrogens with zero attached hydrogens (tertiary/aromatic N) is 2. The SMILES string of the molecule is Cc1cc(C(=O)N2CCC(N)C(C)C2)on1.Cl. The number of hydrogen-bond acceptors (Lipinski definition) is 4. The van der Waals surface area contributed by atoms with E-state index in [1.165, 1.54) is 0 Å². The van der Waals surface area contributed by atoms with Crippen LogP contribution in [0.3, 0.4) is 0 Å². The first kappa shape index (κ1) is 14.0. The fourth-order valence-corrected chi connectivity index (χ4v) is 1.97. The molecule has 2 rings (SSSR count). The second kappa shape index (κ2) is 5.51. The van der Waals surface area contributed by atoms with Gasteiger partial charge in [-0.1, -0.05) is 12.1 Å². The van der Waals surface area contributed by atoms with Crippen molar-refractivity contribution < 1.29 is 9.32 Å². The van der Waals surface area contributed by atoms with Gasteiger partial charge < -0.3 is 15.2 Å². The molecule has 5 nitrogen and oxygen atoms in total. The van der Waals surface area contributed by atoms with Gasteiger partial charge in [0.05, 0.1) is 5.69 Å². The van der Waals surface area contributed by atoms with E-state index < -0.39 is 0 Å². The van der Waals surface area contributed by atoms with Gasteiger partial charge in [-0.2, -0.15) is 0 Å². The predicted molar refractivity (Wildman–Crippen MR) is 66.1 cm³/mol. The fraction of sp³-hybridized carbons (Fsp3) is 0.636. The van der Waals surface area contributed by atoms with Gasteiger partial charge in [-0.25, -0.2) is 0 Å². The van der Waals surface area contributed by atoms with E-state index in [4.69, 9.17) is 10.3 Å². The predicted octanol–water partition coefficient (Wildman–Crippen LogP) is 1.21.